The summed E-state index contributed by atoms with van der Waals surface area (Å²) in [6.07, 6.45) is 6.13. The molecule has 0 saturated heterocycles. The van der Waals surface area contributed by atoms with Crippen LogP contribution in [-0.2, 0) is 6.42 Å². The molecule has 0 fully saturated rings. The Morgan fingerprint density at radius 1 is 1.31 bits per heavy atom. The Labute approximate surface area is 103 Å². The van der Waals surface area contributed by atoms with E-state index in [9.17, 15) is 0 Å². The van der Waals surface area contributed by atoms with Crippen molar-refractivity contribution in [2.75, 3.05) is 6.54 Å². The van der Waals surface area contributed by atoms with E-state index in [0.717, 1.165) is 18.7 Å². The maximum atomic E-state index is 4.47. The van der Waals surface area contributed by atoms with E-state index >= 15 is 0 Å². The number of aromatic nitrogens is 1. The van der Waals surface area contributed by atoms with Crippen molar-refractivity contribution in [3.8, 4) is 0 Å². The fraction of sp³-hybridized carbons (Fsp3) is 0.769. The lowest BCUT2D eigenvalue weighted by atomic mass is 10.1. The van der Waals surface area contributed by atoms with Crippen molar-refractivity contribution >= 4 is 11.3 Å². The molecule has 0 unspecified atom stereocenters. The Kier molecular flexibility index (Phi) is 6.65. The van der Waals surface area contributed by atoms with Gasteiger partial charge in [0.15, 0.2) is 0 Å². The molecule has 0 aliphatic carbocycles. The number of nitrogens with one attached hydrogen (secondary N) is 1. The van der Waals surface area contributed by atoms with Gasteiger partial charge in [0.25, 0.3) is 0 Å². The second-order valence-corrected chi connectivity index (χ2v) is 5.25. The normalized spacial score (nSPS) is 11.2. The Bertz CT molecular complexity index is 279. The van der Waals surface area contributed by atoms with E-state index in [0.29, 0.717) is 6.04 Å². The highest BCUT2D eigenvalue weighted by Gasteiger charge is 2.01. The van der Waals surface area contributed by atoms with Crippen molar-refractivity contribution in [2.24, 2.45) is 0 Å². The van der Waals surface area contributed by atoms with Crippen molar-refractivity contribution < 1.29 is 0 Å². The van der Waals surface area contributed by atoms with E-state index in [2.05, 4.69) is 36.5 Å². The van der Waals surface area contributed by atoms with Gasteiger partial charge in [0, 0.05) is 17.1 Å². The standard InChI is InChI=1S/C13H24N2S/c1-4-12(5-2)14-9-7-6-8-13-15-11(3)10-16-13/h10,12,14H,4-9H2,1-3H3. The number of thiazole rings is 1. The third kappa shape index (κ3) is 5.08. The highest BCUT2D eigenvalue weighted by atomic mass is 32.1. The molecule has 0 aliphatic rings. The highest BCUT2D eigenvalue weighted by molar-refractivity contribution is 7.09. The number of nitrogens with zero attached hydrogens (tertiary/aromatic N) is 1. The lowest BCUT2D eigenvalue weighted by Gasteiger charge is -2.13. The average molecular weight is 240 g/mol. The molecule has 3 heteroatoms. The van der Waals surface area contributed by atoms with Gasteiger partial charge in [0.05, 0.1) is 5.01 Å². The largest absolute Gasteiger partial charge is 0.314 e. The third-order valence-corrected chi connectivity index (χ3v) is 3.93. The van der Waals surface area contributed by atoms with Gasteiger partial charge < -0.3 is 5.32 Å². The Balaban J connectivity index is 2.04. The van der Waals surface area contributed by atoms with Gasteiger partial charge in [-0.3, -0.25) is 0 Å². The van der Waals surface area contributed by atoms with E-state index in [4.69, 9.17) is 0 Å². The molecule has 1 heterocycles. The molecule has 92 valence electrons. The van der Waals surface area contributed by atoms with Crippen molar-refractivity contribution in [3.63, 3.8) is 0 Å². The Morgan fingerprint density at radius 2 is 2.06 bits per heavy atom. The van der Waals surface area contributed by atoms with Gasteiger partial charge in [-0.1, -0.05) is 13.8 Å². The molecule has 1 N–H and O–H groups in total. The monoisotopic (exact) mass is 240 g/mol. The Morgan fingerprint density at radius 3 is 2.62 bits per heavy atom. The molecule has 1 aromatic rings. The molecule has 0 saturated carbocycles. The van der Waals surface area contributed by atoms with Crippen molar-refractivity contribution in [3.05, 3.63) is 16.1 Å². The average Bonchev–Trinajstić information content (AvgIpc) is 2.70. The number of aryl methyl sites for hydroxylation is 2. The summed E-state index contributed by atoms with van der Waals surface area (Å²) in [5.74, 6) is 0. The van der Waals surface area contributed by atoms with Crippen LogP contribution in [-0.4, -0.2) is 17.6 Å². The maximum absolute atomic E-state index is 4.47. The third-order valence-electron chi connectivity index (χ3n) is 2.90. The van der Waals surface area contributed by atoms with Crippen LogP contribution in [0.5, 0.6) is 0 Å². The smallest absolute Gasteiger partial charge is 0.0928 e. The summed E-state index contributed by atoms with van der Waals surface area (Å²) in [5, 5.41) is 7.02. The van der Waals surface area contributed by atoms with Crippen LogP contribution in [0.15, 0.2) is 5.38 Å². The molecular formula is C13H24N2S. The van der Waals surface area contributed by atoms with Crippen LogP contribution in [0.25, 0.3) is 0 Å². The van der Waals surface area contributed by atoms with Crippen LogP contribution in [0.2, 0.25) is 0 Å². The van der Waals surface area contributed by atoms with Crippen LogP contribution in [0.3, 0.4) is 0 Å². The minimum absolute atomic E-state index is 0.710. The van der Waals surface area contributed by atoms with Crippen molar-refractivity contribution in [1.29, 1.82) is 0 Å². The summed E-state index contributed by atoms with van der Waals surface area (Å²) in [6.45, 7) is 7.71. The van der Waals surface area contributed by atoms with E-state index < -0.39 is 0 Å². The minimum atomic E-state index is 0.710. The SMILES string of the molecule is CCC(CC)NCCCCc1nc(C)cs1. The van der Waals surface area contributed by atoms with Crippen LogP contribution < -0.4 is 5.32 Å². The Hall–Kier alpha value is -0.410. The fourth-order valence-corrected chi connectivity index (χ4v) is 2.62. The lowest BCUT2D eigenvalue weighted by Crippen LogP contribution is -2.28. The minimum Gasteiger partial charge on any atom is -0.314 e. The predicted molar refractivity (Wildman–Crippen MR) is 72.2 cm³/mol. The first-order valence-corrected chi connectivity index (χ1v) is 7.28. The first-order chi connectivity index (χ1) is 7.76. The van der Waals surface area contributed by atoms with Gasteiger partial charge in [0.2, 0.25) is 0 Å². The first kappa shape index (κ1) is 13.7. The number of unbranched alkanes of at least 4 members (excludes halogenated alkanes) is 1. The molecule has 0 atom stereocenters. The zero-order valence-corrected chi connectivity index (χ0v) is 11.6. The number of rotatable bonds is 8. The zero-order chi connectivity index (χ0) is 11.8. The van der Waals surface area contributed by atoms with Crippen LogP contribution in [0.1, 0.15) is 50.2 Å². The summed E-state index contributed by atoms with van der Waals surface area (Å²) >= 11 is 1.79. The van der Waals surface area contributed by atoms with Gasteiger partial charge in [0.1, 0.15) is 0 Å². The van der Waals surface area contributed by atoms with Crippen molar-refractivity contribution in [2.45, 2.75) is 58.9 Å². The number of hydrogen-bond donors (Lipinski definition) is 1. The van der Waals surface area contributed by atoms with E-state index in [1.54, 1.807) is 11.3 Å². The first-order valence-electron chi connectivity index (χ1n) is 6.40. The van der Waals surface area contributed by atoms with E-state index in [1.165, 1.54) is 30.7 Å². The van der Waals surface area contributed by atoms with Gasteiger partial charge >= 0.3 is 0 Å². The van der Waals surface area contributed by atoms with Gasteiger partial charge in [-0.2, -0.15) is 0 Å². The second kappa shape index (κ2) is 7.80. The molecule has 0 amide bonds. The predicted octanol–water partition coefficient (Wildman–Crippen LogP) is 3.55. The van der Waals surface area contributed by atoms with Crippen molar-refractivity contribution in [1.82, 2.24) is 10.3 Å². The quantitative estimate of drug-likeness (QED) is 0.703. The maximum Gasteiger partial charge on any atom is 0.0928 e. The van der Waals surface area contributed by atoms with Gasteiger partial charge in [-0.15, -0.1) is 11.3 Å². The molecule has 1 aromatic heterocycles. The summed E-state index contributed by atoms with van der Waals surface area (Å²) < 4.78 is 0. The molecule has 0 aliphatic heterocycles. The molecule has 0 bridgehead atoms. The molecular weight excluding hydrogens is 216 g/mol. The van der Waals surface area contributed by atoms with E-state index in [1.807, 2.05) is 0 Å². The lowest BCUT2D eigenvalue weighted by molar-refractivity contribution is 0.474. The van der Waals surface area contributed by atoms with Crippen LogP contribution >= 0.6 is 11.3 Å². The molecule has 0 spiro atoms. The zero-order valence-electron chi connectivity index (χ0n) is 10.8. The topological polar surface area (TPSA) is 24.9 Å². The second-order valence-electron chi connectivity index (χ2n) is 4.31. The molecule has 0 radical (unpaired) electrons. The summed E-state index contributed by atoms with van der Waals surface area (Å²) in [6, 6.07) is 0.710. The number of hydrogen-bond acceptors (Lipinski definition) is 3. The fourth-order valence-electron chi connectivity index (χ4n) is 1.80. The summed E-state index contributed by atoms with van der Waals surface area (Å²) in [5.41, 5.74) is 1.16. The summed E-state index contributed by atoms with van der Waals surface area (Å²) in [4.78, 5) is 4.47. The van der Waals surface area contributed by atoms with Crippen LogP contribution in [0, 0.1) is 6.92 Å². The van der Waals surface area contributed by atoms with Gasteiger partial charge in [-0.25, -0.2) is 4.98 Å². The van der Waals surface area contributed by atoms with E-state index in [-0.39, 0.29) is 0 Å². The van der Waals surface area contributed by atoms with Gasteiger partial charge in [-0.05, 0) is 45.6 Å². The summed E-state index contributed by atoms with van der Waals surface area (Å²) in [7, 11) is 0. The molecule has 1 rings (SSSR count). The molecule has 0 aromatic carbocycles. The molecule has 2 nitrogen and oxygen atoms in total. The highest BCUT2D eigenvalue weighted by Crippen LogP contribution is 2.11. The molecule has 16 heavy (non-hydrogen) atoms. The van der Waals surface area contributed by atoms with Crippen LogP contribution in [0.4, 0.5) is 0 Å².